The lowest BCUT2D eigenvalue weighted by atomic mass is 9.50. The first-order valence-corrected chi connectivity index (χ1v) is 14.0. The lowest BCUT2D eigenvalue weighted by Crippen LogP contribution is -2.57. The first-order valence-electron chi connectivity index (χ1n) is 14.0. The molecular weight excluding hydrogens is 432 g/mol. The van der Waals surface area contributed by atoms with E-state index in [9.17, 15) is 5.11 Å². The van der Waals surface area contributed by atoms with Crippen molar-refractivity contribution >= 4 is 6.08 Å². The fourth-order valence-electron chi connectivity index (χ4n) is 8.66. The van der Waals surface area contributed by atoms with Gasteiger partial charge in [-0.25, -0.2) is 0 Å². The molecule has 4 aliphatic carbocycles. The standard InChI is InChI=1S/C32H44O3/c1-6-22-8-10-23(11-9-22)25-17-30(5)21(2)7-12-26(30)24-13-15-31(33)18-32(16-14-27(31)28(24)25)34-19-29(3,4)20-35-32/h6,8-11,21,24-26,33H,1,7,12-20H2,2-5H3. The topological polar surface area (TPSA) is 38.7 Å². The number of hydrogen-bond donors (Lipinski definition) is 1. The maximum absolute atomic E-state index is 12.2. The molecule has 0 radical (unpaired) electrons. The maximum Gasteiger partial charge on any atom is 0.171 e. The van der Waals surface area contributed by atoms with Gasteiger partial charge in [0.05, 0.1) is 18.8 Å². The van der Waals surface area contributed by atoms with Gasteiger partial charge in [-0.1, -0.05) is 70.2 Å². The normalized spacial score (nSPS) is 41.7. The van der Waals surface area contributed by atoms with Crippen molar-refractivity contribution < 1.29 is 14.6 Å². The van der Waals surface area contributed by atoms with Gasteiger partial charge in [0.25, 0.3) is 0 Å². The number of hydrogen-bond acceptors (Lipinski definition) is 3. The van der Waals surface area contributed by atoms with Crippen LogP contribution in [0, 0.1) is 28.6 Å². The van der Waals surface area contributed by atoms with Crippen LogP contribution >= 0.6 is 0 Å². The molecular formula is C32H44O3. The van der Waals surface area contributed by atoms with E-state index in [1.54, 1.807) is 5.57 Å². The van der Waals surface area contributed by atoms with E-state index in [1.807, 2.05) is 6.08 Å². The van der Waals surface area contributed by atoms with Crippen LogP contribution in [0.4, 0.5) is 0 Å². The second-order valence-electron chi connectivity index (χ2n) is 13.7. The number of fused-ring (bicyclic) bond motifs is 4. The highest BCUT2D eigenvalue weighted by atomic mass is 16.7. The highest BCUT2D eigenvalue weighted by Gasteiger charge is 2.60. The Morgan fingerprint density at radius 3 is 2.40 bits per heavy atom. The number of benzene rings is 1. The summed E-state index contributed by atoms with van der Waals surface area (Å²) in [6, 6.07) is 9.07. The summed E-state index contributed by atoms with van der Waals surface area (Å²) in [5.41, 5.74) is 5.14. The highest BCUT2D eigenvalue weighted by molar-refractivity contribution is 5.50. The molecule has 1 heterocycles. The molecule has 0 bridgehead atoms. The van der Waals surface area contributed by atoms with Crippen LogP contribution in [-0.4, -0.2) is 29.7 Å². The maximum atomic E-state index is 12.2. The molecule has 1 saturated heterocycles. The molecule has 1 aromatic carbocycles. The molecule has 190 valence electrons. The van der Waals surface area contributed by atoms with E-state index in [4.69, 9.17) is 9.47 Å². The molecule has 1 N–H and O–H groups in total. The van der Waals surface area contributed by atoms with Crippen LogP contribution < -0.4 is 0 Å². The van der Waals surface area contributed by atoms with Crippen molar-refractivity contribution in [1.82, 2.24) is 0 Å². The Bertz CT molecular complexity index is 1030. The fourth-order valence-corrected chi connectivity index (χ4v) is 8.66. The lowest BCUT2D eigenvalue weighted by molar-refractivity contribution is -0.322. The zero-order chi connectivity index (χ0) is 24.6. The SMILES string of the molecule is C=Cc1ccc(C2CC3(C)C(C)CCC3C3CCC4(O)CC5(CCC4=C23)OCC(C)(C)CO5)cc1. The molecule has 4 fully saturated rings. The van der Waals surface area contributed by atoms with Crippen LogP contribution in [-0.2, 0) is 9.47 Å². The molecule has 3 heteroatoms. The van der Waals surface area contributed by atoms with Gasteiger partial charge in [-0.2, -0.15) is 0 Å². The minimum Gasteiger partial charge on any atom is -0.385 e. The first kappa shape index (κ1) is 23.9. The third kappa shape index (κ3) is 3.71. The summed E-state index contributed by atoms with van der Waals surface area (Å²) in [5.74, 6) is 1.87. The predicted molar refractivity (Wildman–Crippen MR) is 141 cm³/mol. The van der Waals surface area contributed by atoms with Gasteiger partial charge in [0.1, 0.15) is 0 Å². The van der Waals surface area contributed by atoms with Crippen molar-refractivity contribution in [1.29, 1.82) is 0 Å². The van der Waals surface area contributed by atoms with E-state index in [1.165, 1.54) is 36.0 Å². The summed E-state index contributed by atoms with van der Waals surface area (Å²) < 4.78 is 12.8. The summed E-state index contributed by atoms with van der Waals surface area (Å²) in [6.07, 6.45) is 10.1. The predicted octanol–water partition coefficient (Wildman–Crippen LogP) is 7.26. The Labute approximate surface area is 212 Å². The number of aliphatic hydroxyl groups is 1. The summed E-state index contributed by atoms with van der Waals surface area (Å²) in [7, 11) is 0. The molecule has 6 unspecified atom stereocenters. The van der Waals surface area contributed by atoms with Crippen molar-refractivity contribution in [2.24, 2.45) is 28.6 Å². The van der Waals surface area contributed by atoms with E-state index < -0.39 is 11.4 Å². The summed E-state index contributed by atoms with van der Waals surface area (Å²) in [4.78, 5) is 0. The number of ether oxygens (including phenoxy) is 2. The molecule has 3 saturated carbocycles. The number of allylic oxidation sites excluding steroid dienone is 1. The molecule has 6 rings (SSSR count). The fraction of sp³-hybridized carbons (Fsp3) is 0.688. The van der Waals surface area contributed by atoms with Crippen molar-refractivity contribution in [3.05, 3.63) is 53.1 Å². The molecule has 1 aromatic rings. The van der Waals surface area contributed by atoms with Crippen LogP contribution in [0.15, 0.2) is 42.0 Å². The van der Waals surface area contributed by atoms with E-state index in [0.717, 1.165) is 37.5 Å². The Balaban J connectivity index is 1.41. The van der Waals surface area contributed by atoms with Gasteiger partial charge in [0.2, 0.25) is 0 Å². The molecule has 1 spiro atoms. The second-order valence-corrected chi connectivity index (χ2v) is 13.7. The average Bonchev–Trinajstić information content (AvgIpc) is 3.14. The Hall–Kier alpha value is -1.42. The van der Waals surface area contributed by atoms with Gasteiger partial charge < -0.3 is 14.6 Å². The van der Waals surface area contributed by atoms with Crippen molar-refractivity contribution in [2.75, 3.05) is 13.2 Å². The highest BCUT2D eigenvalue weighted by Crippen LogP contribution is 2.66. The molecule has 0 aromatic heterocycles. The monoisotopic (exact) mass is 476 g/mol. The van der Waals surface area contributed by atoms with Crippen molar-refractivity contribution in [3.63, 3.8) is 0 Å². The van der Waals surface area contributed by atoms with Gasteiger partial charge in [0, 0.05) is 24.2 Å². The van der Waals surface area contributed by atoms with Crippen LogP contribution in [0.2, 0.25) is 0 Å². The summed E-state index contributed by atoms with van der Waals surface area (Å²) in [6.45, 7) is 14.8. The first-order chi connectivity index (χ1) is 16.6. The Morgan fingerprint density at radius 2 is 1.71 bits per heavy atom. The van der Waals surface area contributed by atoms with Crippen molar-refractivity contribution in [2.45, 2.75) is 96.4 Å². The summed E-state index contributed by atoms with van der Waals surface area (Å²) in [5, 5.41) is 12.2. The van der Waals surface area contributed by atoms with Gasteiger partial charge in [-0.05, 0) is 78.4 Å². The van der Waals surface area contributed by atoms with Crippen LogP contribution in [0.3, 0.4) is 0 Å². The minimum absolute atomic E-state index is 0.0416. The zero-order valence-electron chi connectivity index (χ0n) is 22.2. The lowest BCUT2D eigenvalue weighted by Gasteiger charge is -2.57. The average molecular weight is 477 g/mol. The molecule has 3 nitrogen and oxygen atoms in total. The molecule has 1 aliphatic heterocycles. The molecule has 5 aliphatic rings. The molecule has 0 amide bonds. The van der Waals surface area contributed by atoms with E-state index >= 15 is 0 Å². The van der Waals surface area contributed by atoms with Gasteiger partial charge in [0.15, 0.2) is 5.79 Å². The molecule has 35 heavy (non-hydrogen) atoms. The van der Waals surface area contributed by atoms with Crippen LogP contribution in [0.1, 0.15) is 96.1 Å². The third-order valence-corrected chi connectivity index (χ3v) is 10.9. The smallest absolute Gasteiger partial charge is 0.171 e. The van der Waals surface area contributed by atoms with Gasteiger partial charge >= 0.3 is 0 Å². The van der Waals surface area contributed by atoms with E-state index in [2.05, 4.69) is 58.5 Å². The number of rotatable bonds is 2. The Kier molecular flexibility index (Phi) is 5.50. The third-order valence-electron chi connectivity index (χ3n) is 10.9. The van der Waals surface area contributed by atoms with Gasteiger partial charge in [-0.3, -0.25) is 0 Å². The van der Waals surface area contributed by atoms with Gasteiger partial charge in [-0.15, -0.1) is 0 Å². The molecule has 6 atom stereocenters. The quantitative estimate of drug-likeness (QED) is 0.457. The zero-order valence-corrected chi connectivity index (χ0v) is 22.2. The summed E-state index contributed by atoms with van der Waals surface area (Å²) >= 11 is 0. The van der Waals surface area contributed by atoms with Crippen LogP contribution in [0.25, 0.3) is 6.08 Å². The largest absolute Gasteiger partial charge is 0.385 e. The van der Waals surface area contributed by atoms with Crippen molar-refractivity contribution in [3.8, 4) is 0 Å². The minimum atomic E-state index is -0.803. The van der Waals surface area contributed by atoms with Crippen LogP contribution in [0.5, 0.6) is 0 Å². The van der Waals surface area contributed by atoms with E-state index in [0.29, 0.717) is 36.9 Å². The van der Waals surface area contributed by atoms with E-state index in [-0.39, 0.29) is 5.41 Å². The second kappa shape index (κ2) is 8.04. The Morgan fingerprint density at radius 1 is 1.00 bits per heavy atom.